The van der Waals surface area contributed by atoms with Crippen LogP contribution in [0.5, 0.6) is 0 Å². The maximum Gasteiger partial charge on any atom is 0.177 e. The van der Waals surface area contributed by atoms with Crippen LogP contribution in [0.4, 0.5) is 0 Å². The highest BCUT2D eigenvalue weighted by Crippen LogP contribution is 2.33. The third-order valence-corrected chi connectivity index (χ3v) is 2.32. The molecule has 0 bridgehead atoms. The Bertz CT molecular complexity index is 279. The summed E-state index contributed by atoms with van der Waals surface area (Å²) in [6.07, 6.45) is 3.38. The van der Waals surface area contributed by atoms with E-state index >= 15 is 0 Å². The summed E-state index contributed by atoms with van der Waals surface area (Å²) in [5.74, 6) is 0.639. The van der Waals surface area contributed by atoms with Crippen LogP contribution in [0, 0.1) is 0 Å². The van der Waals surface area contributed by atoms with Gasteiger partial charge in [-0.1, -0.05) is 0 Å². The van der Waals surface area contributed by atoms with Crippen LogP contribution in [0.15, 0.2) is 0 Å². The zero-order chi connectivity index (χ0) is 8.60. The van der Waals surface area contributed by atoms with Crippen LogP contribution < -0.4 is 0 Å². The molecule has 0 aromatic carbocycles. The molecule has 1 aliphatic rings. The third kappa shape index (κ3) is 1.32. The van der Waals surface area contributed by atoms with Gasteiger partial charge in [-0.2, -0.15) is 4.80 Å². The molecule has 0 radical (unpaired) electrons. The predicted molar refractivity (Wildman–Crippen MR) is 41.3 cm³/mol. The molecule has 12 heavy (non-hydrogen) atoms. The Labute approximate surface area is 70.4 Å². The van der Waals surface area contributed by atoms with E-state index in [1.807, 2.05) is 0 Å². The first kappa shape index (κ1) is 7.67. The first-order chi connectivity index (χ1) is 5.68. The molecule has 0 spiro atoms. The van der Waals surface area contributed by atoms with E-state index in [0.717, 1.165) is 19.3 Å². The van der Waals surface area contributed by atoms with Gasteiger partial charge in [0, 0.05) is 6.42 Å². The van der Waals surface area contributed by atoms with Crippen LogP contribution >= 0.6 is 0 Å². The summed E-state index contributed by atoms with van der Waals surface area (Å²) in [5, 5.41) is 21.3. The zero-order valence-electron chi connectivity index (χ0n) is 7.06. The quantitative estimate of drug-likeness (QED) is 0.656. The van der Waals surface area contributed by atoms with Crippen LogP contribution in [-0.4, -0.2) is 30.9 Å². The van der Waals surface area contributed by atoms with E-state index in [0.29, 0.717) is 12.2 Å². The van der Waals surface area contributed by atoms with Gasteiger partial charge < -0.3 is 5.11 Å². The topological polar surface area (TPSA) is 63.8 Å². The monoisotopic (exact) mass is 168 g/mol. The molecule has 0 atom stereocenters. The molecule has 0 saturated heterocycles. The molecule has 1 aromatic rings. The number of aromatic nitrogens is 4. The van der Waals surface area contributed by atoms with E-state index in [2.05, 4.69) is 15.4 Å². The molecule has 5 nitrogen and oxygen atoms in total. The van der Waals surface area contributed by atoms with Gasteiger partial charge in [-0.15, -0.1) is 10.2 Å². The number of tetrazole rings is 1. The summed E-state index contributed by atoms with van der Waals surface area (Å²) in [6, 6.07) is 0. The van der Waals surface area contributed by atoms with E-state index < -0.39 is 5.60 Å². The molecule has 5 heteroatoms. The summed E-state index contributed by atoms with van der Waals surface area (Å²) in [4.78, 5) is 1.41. The Morgan fingerprint density at radius 1 is 1.58 bits per heavy atom. The Morgan fingerprint density at radius 3 is 2.75 bits per heavy atom. The van der Waals surface area contributed by atoms with Crippen molar-refractivity contribution in [1.82, 2.24) is 20.2 Å². The van der Waals surface area contributed by atoms with Gasteiger partial charge in [-0.3, -0.25) is 0 Å². The van der Waals surface area contributed by atoms with Gasteiger partial charge in [-0.25, -0.2) is 0 Å². The second kappa shape index (κ2) is 2.52. The maximum atomic E-state index is 9.76. The van der Waals surface area contributed by atoms with Crippen molar-refractivity contribution in [2.45, 2.75) is 31.3 Å². The van der Waals surface area contributed by atoms with Gasteiger partial charge in [0.15, 0.2) is 5.82 Å². The fraction of sp³-hybridized carbons (Fsp3) is 0.857. The minimum Gasteiger partial charge on any atom is -0.389 e. The number of rotatable bonds is 2. The van der Waals surface area contributed by atoms with Crippen LogP contribution in [-0.2, 0) is 13.5 Å². The van der Waals surface area contributed by atoms with Crippen molar-refractivity contribution >= 4 is 0 Å². The van der Waals surface area contributed by atoms with E-state index in [1.54, 1.807) is 7.05 Å². The lowest BCUT2D eigenvalue weighted by atomic mass is 9.78. The standard InChI is InChI=1S/C7H12N4O/c1-11-9-6(8-10-11)5-7(12)3-2-4-7/h12H,2-5H2,1H3. The van der Waals surface area contributed by atoms with Crippen molar-refractivity contribution in [3.8, 4) is 0 Å². The van der Waals surface area contributed by atoms with Crippen molar-refractivity contribution in [2.24, 2.45) is 7.05 Å². The Morgan fingerprint density at radius 2 is 2.33 bits per heavy atom. The molecule has 2 rings (SSSR count). The summed E-state index contributed by atoms with van der Waals surface area (Å²) in [6.45, 7) is 0. The van der Waals surface area contributed by atoms with Gasteiger partial charge in [0.05, 0.1) is 12.6 Å². The van der Waals surface area contributed by atoms with Gasteiger partial charge in [0.2, 0.25) is 0 Å². The Hall–Kier alpha value is -0.970. The molecule has 0 aliphatic heterocycles. The Balaban J connectivity index is 2.03. The van der Waals surface area contributed by atoms with E-state index in [1.165, 1.54) is 4.80 Å². The highest BCUT2D eigenvalue weighted by molar-refractivity contribution is 4.96. The lowest BCUT2D eigenvalue weighted by molar-refractivity contribution is -0.0339. The second-order valence-electron chi connectivity index (χ2n) is 3.45. The molecule has 0 unspecified atom stereocenters. The van der Waals surface area contributed by atoms with Gasteiger partial charge >= 0.3 is 0 Å². The molecule has 1 fully saturated rings. The number of hydrogen-bond acceptors (Lipinski definition) is 4. The smallest absolute Gasteiger partial charge is 0.177 e. The minimum absolute atomic E-state index is 0.539. The normalized spacial score (nSPS) is 20.5. The summed E-state index contributed by atoms with van der Waals surface area (Å²) in [5.41, 5.74) is -0.539. The number of nitrogens with zero attached hydrogens (tertiary/aromatic N) is 4. The van der Waals surface area contributed by atoms with Crippen LogP contribution in [0.3, 0.4) is 0 Å². The lowest BCUT2D eigenvalue weighted by Gasteiger charge is -2.35. The molecular weight excluding hydrogens is 156 g/mol. The number of aryl methyl sites for hydroxylation is 1. The average molecular weight is 168 g/mol. The lowest BCUT2D eigenvalue weighted by Crippen LogP contribution is -2.39. The van der Waals surface area contributed by atoms with E-state index in [4.69, 9.17) is 0 Å². The number of hydrogen-bond donors (Lipinski definition) is 1. The Kier molecular flexibility index (Phi) is 1.61. The van der Waals surface area contributed by atoms with Crippen molar-refractivity contribution < 1.29 is 5.11 Å². The molecule has 1 aliphatic carbocycles. The van der Waals surface area contributed by atoms with Crippen LogP contribution in [0.25, 0.3) is 0 Å². The SMILES string of the molecule is Cn1nnc(CC2(O)CCC2)n1. The van der Waals surface area contributed by atoms with E-state index in [-0.39, 0.29) is 0 Å². The van der Waals surface area contributed by atoms with Crippen LogP contribution in [0.2, 0.25) is 0 Å². The highest BCUT2D eigenvalue weighted by atomic mass is 16.3. The second-order valence-corrected chi connectivity index (χ2v) is 3.45. The molecule has 66 valence electrons. The molecule has 0 amide bonds. The van der Waals surface area contributed by atoms with Gasteiger partial charge in [0.25, 0.3) is 0 Å². The van der Waals surface area contributed by atoms with Gasteiger partial charge in [-0.05, 0) is 24.5 Å². The first-order valence-corrected chi connectivity index (χ1v) is 4.13. The number of aliphatic hydroxyl groups is 1. The average Bonchev–Trinajstić information content (AvgIpc) is 2.32. The molecule has 1 saturated carbocycles. The first-order valence-electron chi connectivity index (χ1n) is 4.13. The molecular formula is C7H12N4O. The van der Waals surface area contributed by atoms with Crippen molar-refractivity contribution in [3.63, 3.8) is 0 Å². The molecule has 1 aromatic heterocycles. The molecule has 1 N–H and O–H groups in total. The van der Waals surface area contributed by atoms with Crippen molar-refractivity contribution in [1.29, 1.82) is 0 Å². The van der Waals surface area contributed by atoms with Crippen molar-refractivity contribution in [2.75, 3.05) is 0 Å². The highest BCUT2D eigenvalue weighted by Gasteiger charge is 2.35. The summed E-state index contributed by atoms with van der Waals surface area (Å²) >= 11 is 0. The third-order valence-electron chi connectivity index (χ3n) is 2.32. The largest absolute Gasteiger partial charge is 0.389 e. The van der Waals surface area contributed by atoms with Crippen LogP contribution in [0.1, 0.15) is 25.1 Å². The summed E-state index contributed by atoms with van der Waals surface area (Å²) < 4.78 is 0. The maximum absolute atomic E-state index is 9.76. The predicted octanol–water partition coefficient (Wildman–Crippen LogP) is -0.332. The van der Waals surface area contributed by atoms with E-state index in [9.17, 15) is 5.11 Å². The zero-order valence-corrected chi connectivity index (χ0v) is 7.06. The molecule has 1 heterocycles. The fourth-order valence-corrected chi connectivity index (χ4v) is 1.45. The van der Waals surface area contributed by atoms with Gasteiger partial charge in [0.1, 0.15) is 0 Å². The van der Waals surface area contributed by atoms with Crippen molar-refractivity contribution in [3.05, 3.63) is 5.82 Å². The fourth-order valence-electron chi connectivity index (χ4n) is 1.45. The summed E-state index contributed by atoms with van der Waals surface area (Å²) in [7, 11) is 1.72. The minimum atomic E-state index is -0.539.